The van der Waals surface area contributed by atoms with Crippen LogP contribution in [0.2, 0.25) is 0 Å². The van der Waals surface area contributed by atoms with E-state index < -0.39 is 10.8 Å². The second-order valence-electron chi connectivity index (χ2n) is 7.17. The number of aromatic nitrogens is 2. The fourth-order valence-electron chi connectivity index (χ4n) is 4.05. The Balaban J connectivity index is 1.74. The Labute approximate surface area is 169 Å². The maximum Gasteiger partial charge on any atom is 0.157 e. The van der Waals surface area contributed by atoms with Gasteiger partial charge in [0, 0.05) is 74.7 Å². The maximum atomic E-state index is 11.8. The van der Waals surface area contributed by atoms with Crippen LogP contribution in [0.1, 0.15) is 25.7 Å². The molecule has 4 heterocycles. The molecule has 154 valence electrons. The van der Waals surface area contributed by atoms with Crippen LogP contribution in [0.3, 0.4) is 0 Å². The SMILES string of the molecule is CCN(CC)c1ncnc2c1N(N1CCNCC1)C=NC2N1CCS(=O)CC1. The minimum absolute atomic E-state index is 0.135. The highest BCUT2D eigenvalue weighted by molar-refractivity contribution is 7.85. The molecule has 0 bridgehead atoms. The van der Waals surface area contributed by atoms with E-state index in [0.29, 0.717) is 11.5 Å². The molecule has 3 aliphatic rings. The summed E-state index contributed by atoms with van der Waals surface area (Å²) in [4.78, 5) is 18.8. The molecule has 3 aliphatic heterocycles. The molecule has 0 spiro atoms. The van der Waals surface area contributed by atoms with Crippen LogP contribution in [0.4, 0.5) is 11.5 Å². The third-order valence-corrected chi connectivity index (χ3v) is 6.92. The van der Waals surface area contributed by atoms with Crippen LogP contribution in [0.25, 0.3) is 0 Å². The smallest absolute Gasteiger partial charge is 0.157 e. The van der Waals surface area contributed by atoms with Crippen molar-refractivity contribution in [1.82, 2.24) is 25.2 Å². The topological polar surface area (TPSA) is 80.2 Å². The molecule has 1 atom stereocenters. The molecule has 1 aromatic heterocycles. The van der Waals surface area contributed by atoms with Crippen LogP contribution in [0, 0.1) is 0 Å². The summed E-state index contributed by atoms with van der Waals surface area (Å²) in [7, 11) is -0.709. The van der Waals surface area contributed by atoms with E-state index in [0.717, 1.165) is 69.6 Å². The van der Waals surface area contributed by atoms with E-state index in [1.54, 1.807) is 6.33 Å². The van der Waals surface area contributed by atoms with Crippen molar-refractivity contribution in [3.05, 3.63) is 12.0 Å². The molecule has 0 aromatic carbocycles. The molecule has 28 heavy (non-hydrogen) atoms. The lowest BCUT2D eigenvalue weighted by Gasteiger charge is -2.43. The average molecular weight is 407 g/mol. The number of rotatable bonds is 5. The molecule has 10 heteroatoms. The van der Waals surface area contributed by atoms with Crippen molar-refractivity contribution in [2.45, 2.75) is 20.0 Å². The van der Waals surface area contributed by atoms with Crippen LogP contribution in [0.15, 0.2) is 11.3 Å². The van der Waals surface area contributed by atoms with Gasteiger partial charge in [0.2, 0.25) is 0 Å². The minimum atomic E-state index is -0.709. The van der Waals surface area contributed by atoms with Crippen molar-refractivity contribution in [2.75, 3.05) is 73.8 Å². The fraction of sp³-hybridized carbons (Fsp3) is 0.722. The Morgan fingerprint density at radius 2 is 1.86 bits per heavy atom. The van der Waals surface area contributed by atoms with Crippen LogP contribution in [0.5, 0.6) is 0 Å². The first-order valence-electron chi connectivity index (χ1n) is 10.2. The zero-order chi connectivity index (χ0) is 19.5. The second-order valence-corrected chi connectivity index (χ2v) is 8.87. The summed E-state index contributed by atoms with van der Waals surface area (Å²) in [5, 5.41) is 7.88. The molecule has 0 radical (unpaired) electrons. The molecule has 4 rings (SSSR count). The van der Waals surface area contributed by atoms with Crippen LogP contribution in [-0.2, 0) is 10.8 Å². The molecular formula is C18H30N8OS. The van der Waals surface area contributed by atoms with Gasteiger partial charge in [-0.15, -0.1) is 0 Å². The lowest BCUT2D eigenvalue weighted by molar-refractivity contribution is 0.208. The first kappa shape index (κ1) is 19.7. The van der Waals surface area contributed by atoms with E-state index in [1.165, 1.54) is 0 Å². The predicted molar refractivity (Wildman–Crippen MR) is 113 cm³/mol. The van der Waals surface area contributed by atoms with Crippen LogP contribution >= 0.6 is 0 Å². The molecule has 0 aliphatic carbocycles. The largest absolute Gasteiger partial charge is 0.355 e. The van der Waals surface area contributed by atoms with Gasteiger partial charge < -0.3 is 10.2 Å². The standard InChI is InChI=1S/C18H30N8OS/c1-3-23(4-2)18-16-15(20-13-21-18)17(24-9-11-28(27)12-10-24)22-14-26(16)25-7-5-19-6-8-25/h13-14,17,19H,3-12H2,1-2H3. The first-order valence-corrected chi connectivity index (χ1v) is 11.7. The average Bonchev–Trinajstić information content (AvgIpc) is 2.75. The zero-order valence-corrected chi connectivity index (χ0v) is 17.6. The Morgan fingerprint density at radius 1 is 1.14 bits per heavy atom. The highest BCUT2D eigenvalue weighted by Crippen LogP contribution is 2.39. The van der Waals surface area contributed by atoms with E-state index in [4.69, 9.17) is 9.98 Å². The second kappa shape index (κ2) is 8.81. The predicted octanol–water partition coefficient (Wildman–Crippen LogP) is 0.0542. The lowest BCUT2D eigenvalue weighted by atomic mass is 10.2. The number of anilines is 2. The lowest BCUT2D eigenvalue weighted by Crippen LogP contribution is -2.54. The van der Waals surface area contributed by atoms with Crippen molar-refractivity contribution in [3.8, 4) is 0 Å². The van der Waals surface area contributed by atoms with Crippen molar-refractivity contribution in [2.24, 2.45) is 4.99 Å². The first-order chi connectivity index (χ1) is 13.7. The van der Waals surface area contributed by atoms with Gasteiger partial charge in [-0.3, -0.25) is 14.1 Å². The summed E-state index contributed by atoms with van der Waals surface area (Å²) in [6.07, 6.45) is 3.47. The van der Waals surface area contributed by atoms with Crippen molar-refractivity contribution in [1.29, 1.82) is 0 Å². The Bertz CT molecular complexity index is 724. The normalized spacial score (nSPS) is 24.4. The number of aliphatic imine (C=N–C) groups is 1. The monoisotopic (exact) mass is 406 g/mol. The summed E-state index contributed by atoms with van der Waals surface area (Å²) < 4.78 is 11.8. The highest BCUT2D eigenvalue weighted by Gasteiger charge is 2.35. The molecule has 9 nitrogen and oxygen atoms in total. The summed E-state index contributed by atoms with van der Waals surface area (Å²) in [6, 6.07) is 0. The molecule has 1 aromatic rings. The molecule has 2 fully saturated rings. The molecular weight excluding hydrogens is 376 g/mol. The molecule has 1 unspecified atom stereocenters. The number of fused-ring (bicyclic) bond motifs is 1. The zero-order valence-electron chi connectivity index (χ0n) is 16.8. The van der Waals surface area contributed by atoms with Gasteiger partial charge in [0.05, 0.1) is 0 Å². The van der Waals surface area contributed by atoms with E-state index in [1.807, 2.05) is 6.34 Å². The number of nitrogens with one attached hydrogen (secondary N) is 1. The number of nitrogens with zero attached hydrogens (tertiary/aromatic N) is 7. The Kier molecular flexibility index (Phi) is 6.19. The van der Waals surface area contributed by atoms with Crippen molar-refractivity contribution in [3.63, 3.8) is 0 Å². The molecule has 0 amide bonds. The summed E-state index contributed by atoms with van der Waals surface area (Å²) in [6.45, 7) is 11.4. The quantitative estimate of drug-likeness (QED) is 0.735. The molecule has 0 saturated carbocycles. The maximum absolute atomic E-state index is 11.8. The van der Waals surface area contributed by atoms with Gasteiger partial charge in [-0.2, -0.15) is 0 Å². The van der Waals surface area contributed by atoms with E-state index >= 15 is 0 Å². The van der Waals surface area contributed by atoms with Gasteiger partial charge >= 0.3 is 0 Å². The third-order valence-electron chi connectivity index (χ3n) is 5.64. The molecule has 1 N–H and O–H groups in total. The number of piperazine rings is 1. The third kappa shape index (κ3) is 3.78. The number of hydrogen-bond donors (Lipinski definition) is 1. The van der Waals surface area contributed by atoms with E-state index in [-0.39, 0.29) is 6.17 Å². The summed E-state index contributed by atoms with van der Waals surface area (Å²) in [5.41, 5.74) is 1.99. The van der Waals surface area contributed by atoms with Crippen molar-refractivity contribution >= 4 is 28.6 Å². The Morgan fingerprint density at radius 3 is 2.54 bits per heavy atom. The van der Waals surface area contributed by atoms with E-state index in [9.17, 15) is 4.21 Å². The van der Waals surface area contributed by atoms with Gasteiger partial charge in [0.15, 0.2) is 5.82 Å². The van der Waals surface area contributed by atoms with Gasteiger partial charge in [-0.05, 0) is 13.8 Å². The van der Waals surface area contributed by atoms with E-state index in [2.05, 4.69) is 44.0 Å². The minimum Gasteiger partial charge on any atom is -0.355 e. The van der Waals surface area contributed by atoms with Crippen LogP contribution in [-0.4, -0.2) is 94.3 Å². The highest BCUT2D eigenvalue weighted by atomic mass is 32.2. The number of hydrogen-bond acceptors (Lipinski definition) is 9. The fourth-order valence-corrected chi connectivity index (χ4v) is 5.13. The van der Waals surface area contributed by atoms with Gasteiger partial charge in [-0.25, -0.2) is 20.0 Å². The summed E-state index contributed by atoms with van der Waals surface area (Å²) >= 11 is 0. The Hall–Kier alpha value is -1.62. The van der Waals surface area contributed by atoms with Crippen LogP contribution < -0.4 is 15.2 Å². The van der Waals surface area contributed by atoms with Crippen molar-refractivity contribution < 1.29 is 4.21 Å². The summed E-state index contributed by atoms with van der Waals surface area (Å²) in [5.74, 6) is 2.37. The number of hydrazine groups is 1. The van der Waals surface area contributed by atoms with Gasteiger partial charge in [0.1, 0.15) is 30.2 Å². The van der Waals surface area contributed by atoms with Gasteiger partial charge in [-0.1, -0.05) is 0 Å². The van der Waals surface area contributed by atoms with Gasteiger partial charge in [0.25, 0.3) is 0 Å². The molecule has 2 saturated heterocycles.